The van der Waals surface area contributed by atoms with Gasteiger partial charge >= 0.3 is 0 Å². The summed E-state index contributed by atoms with van der Waals surface area (Å²) >= 11 is 0. The van der Waals surface area contributed by atoms with Gasteiger partial charge in [0.2, 0.25) is 0 Å². The number of nitrogens with zero attached hydrogens (tertiary/aromatic N) is 2. The van der Waals surface area contributed by atoms with Gasteiger partial charge in [0.1, 0.15) is 5.76 Å². The highest BCUT2D eigenvalue weighted by Crippen LogP contribution is 2.33. The number of furan rings is 1. The van der Waals surface area contributed by atoms with E-state index in [1.807, 2.05) is 19.9 Å². The van der Waals surface area contributed by atoms with Crippen LogP contribution in [0.1, 0.15) is 32.4 Å². The van der Waals surface area contributed by atoms with E-state index in [2.05, 4.69) is 0 Å². The van der Waals surface area contributed by atoms with Crippen molar-refractivity contribution in [3.63, 3.8) is 0 Å². The summed E-state index contributed by atoms with van der Waals surface area (Å²) in [5.41, 5.74) is 0. The summed E-state index contributed by atoms with van der Waals surface area (Å²) in [7, 11) is -3.48. The molecule has 1 saturated heterocycles. The topological polar surface area (TPSA) is 63.0 Å². The zero-order chi connectivity index (χ0) is 15.0. The fourth-order valence-electron chi connectivity index (χ4n) is 2.79. The molecule has 7 heteroatoms. The molecule has 2 aliphatic rings. The Hall–Kier alpha value is -0.890. The Labute approximate surface area is 125 Å². The van der Waals surface area contributed by atoms with E-state index in [-0.39, 0.29) is 18.2 Å². The molecule has 0 spiro atoms. The lowest BCUT2D eigenvalue weighted by molar-refractivity contribution is -0.0456. The van der Waals surface area contributed by atoms with Crippen molar-refractivity contribution >= 4 is 10.2 Å². The fraction of sp³-hybridized carbons (Fsp3) is 0.714. The Morgan fingerprint density at radius 3 is 2.48 bits per heavy atom. The van der Waals surface area contributed by atoms with Gasteiger partial charge in [0.05, 0.1) is 25.0 Å². The van der Waals surface area contributed by atoms with Crippen molar-refractivity contribution in [2.45, 2.75) is 51.5 Å². The number of morpholine rings is 1. The van der Waals surface area contributed by atoms with Crippen LogP contribution in [0.25, 0.3) is 0 Å². The molecule has 0 radical (unpaired) electrons. The average Bonchev–Trinajstić information content (AvgIpc) is 3.11. The highest BCUT2D eigenvalue weighted by molar-refractivity contribution is 7.86. The van der Waals surface area contributed by atoms with E-state index >= 15 is 0 Å². The summed E-state index contributed by atoms with van der Waals surface area (Å²) in [6.45, 7) is 4.95. The molecule has 6 nitrogen and oxygen atoms in total. The highest BCUT2D eigenvalue weighted by atomic mass is 32.2. The van der Waals surface area contributed by atoms with Crippen molar-refractivity contribution in [1.82, 2.24) is 8.61 Å². The number of ether oxygens (including phenoxy) is 1. The van der Waals surface area contributed by atoms with E-state index in [4.69, 9.17) is 9.15 Å². The van der Waals surface area contributed by atoms with Crippen molar-refractivity contribution in [1.29, 1.82) is 0 Å². The van der Waals surface area contributed by atoms with E-state index in [1.54, 1.807) is 20.9 Å². The third kappa shape index (κ3) is 3.31. The smallest absolute Gasteiger partial charge is 0.282 e. The fourth-order valence-corrected chi connectivity index (χ4v) is 4.76. The number of hydrogen-bond acceptors (Lipinski definition) is 4. The SMILES string of the molecule is C[C@@H]1CN(S(=O)(=O)N(Cc2ccco2)C2CC2)C[C@H](C)O1. The van der Waals surface area contributed by atoms with Gasteiger partial charge in [-0.3, -0.25) is 0 Å². The summed E-state index contributed by atoms with van der Waals surface area (Å²) in [5, 5.41) is 0. The largest absolute Gasteiger partial charge is 0.468 e. The predicted molar refractivity (Wildman–Crippen MR) is 77.8 cm³/mol. The molecule has 2 heterocycles. The lowest BCUT2D eigenvalue weighted by Gasteiger charge is -2.37. The Morgan fingerprint density at radius 1 is 1.29 bits per heavy atom. The van der Waals surface area contributed by atoms with E-state index in [9.17, 15) is 8.42 Å². The predicted octanol–water partition coefficient (Wildman–Crippen LogP) is 1.60. The molecule has 2 atom stereocenters. The number of rotatable bonds is 5. The molecular formula is C14H22N2O4S. The molecule has 0 N–H and O–H groups in total. The van der Waals surface area contributed by atoms with Gasteiger partial charge in [0.15, 0.2) is 0 Å². The molecule has 118 valence electrons. The van der Waals surface area contributed by atoms with Crippen molar-refractivity contribution in [2.75, 3.05) is 13.1 Å². The minimum absolute atomic E-state index is 0.0757. The van der Waals surface area contributed by atoms with E-state index < -0.39 is 10.2 Å². The normalized spacial score (nSPS) is 28.1. The summed E-state index contributed by atoms with van der Waals surface area (Å²) in [6.07, 6.45) is 3.28. The molecule has 1 aromatic heterocycles. The first kappa shape index (κ1) is 15.0. The Balaban J connectivity index is 1.80. The second-order valence-corrected chi connectivity index (χ2v) is 7.82. The molecule has 0 unspecified atom stereocenters. The van der Waals surface area contributed by atoms with Crippen LogP contribution in [0.5, 0.6) is 0 Å². The minimum atomic E-state index is -3.48. The molecule has 3 rings (SSSR count). The molecule has 0 bridgehead atoms. The van der Waals surface area contributed by atoms with Crippen molar-refractivity contribution in [3.05, 3.63) is 24.2 Å². The minimum Gasteiger partial charge on any atom is -0.468 e. The van der Waals surface area contributed by atoms with Gasteiger partial charge in [0.25, 0.3) is 10.2 Å². The molecule has 1 saturated carbocycles. The zero-order valence-corrected chi connectivity index (χ0v) is 13.3. The molecular weight excluding hydrogens is 292 g/mol. The van der Waals surface area contributed by atoms with Crippen molar-refractivity contribution < 1.29 is 17.6 Å². The lowest BCUT2D eigenvalue weighted by Crippen LogP contribution is -2.53. The van der Waals surface area contributed by atoms with Crippen LogP contribution in [-0.4, -0.2) is 48.4 Å². The van der Waals surface area contributed by atoms with Crippen LogP contribution in [0.3, 0.4) is 0 Å². The molecule has 0 amide bonds. The summed E-state index contributed by atoms with van der Waals surface area (Å²) in [4.78, 5) is 0. The second kappa shape index (κ2) is 5.72. The lowest BCUT2D eigenvalue weighted by atomic mass is 10.3. The zero-order valence-electron chi connectivity index (χ0n) is 12.4. The molecule has 1 aromatic rings. The molecule has 2 fully saturated rings. The molecule has 1 aliphatic heterocycles. The molecule has 0 aromatic carbocycles. The van der Waals surface area contributed by atoms with Crippen LogP contribution in [0.2, 0.25) is 0 Å². The van der Waals surface area contributed by atoms with Gasteiger partial charge in [0, 0.05) is 19.1 Å². The van der Waals surface area contributed by atoms with Crippen LogP contribution >= 0.6 is 0 Å². The molecule has 21 heavy (non-hydrogen) atoms. The third-order valence-corrected chi connectivity index (χ3v) is 5.83. The highest BCUT2D eigenvalue weighted by Gasteiger charge is 2.42. The Kier molecular flexibility index (Phi) is 4.09. The van der Waals surface area contributed by atoms with Gasteiger partial charge in [-0.25, -0.2) is 0 Å². The quantitative estimate of drug-likeness (QED) is 0.828. The van der Waals surface area contributed by atoms with Crippen molar-refractivity contribution in [3.8, 4) is 0 Å². The monoisotopic (exact) mass is 314 g/mol. The average molecular weight is 314 g/mol. The Morgan fingerprint density at radius 2 is 1.95 bits per heavy atom. The van der Waals surface area contributed by atoms with Crippen LogP contribution in [0.4, 0.5) is 0 Å². The standard InChI is InChI=1S/C14H22N2O4S/c1-11-8-15(9-12(2)20-11)21(17,18)16(13-5-6-13)10-14-4-3-7-19-14/h3-4,7,11-13H,5-6,8-10H2,1-2H3/t11-,12+. The van der Waals surface area contributed by atoms with Gasteiger partial charge in [-0.05, 0) is 38.8 Å². The van der Waals surface area contributed by atoms with Gasteiger partial charge in [-0.1, -0.05) is 0 Å². The van der Waals surface area contributed by atoms with E-state index in [1.165, 1.54) is 0 Å². The second-order valence-electron chi connectivity index (χ2n) is 5.94. The maximum absolute atomic E-state index is 12.9. The van der Waals surface area contributed by atoms with Crippen molar-refractivity contribution in [2.24, 2.45) is 0 Å². The van der Waals surface area contributed by atoms with Gasteiger partial charge in [-0.15, -0.1) is 0 Å². The first-order chi connectivity index (χ1) is 9.96. The number of hydrogen-bond donors (Lipinski definition) is 0. The first-order valence-electron chi connectivity index (χ1n) is 7.41. The van der Waals surface area contributed by atoms with E-state index in [0.29, 0.717) is 25.4 Å². The Bertz CT molecular complexity index is 558. The van der Waals surface area contributed by atoms with Crippen LogP contribution in [-0.2, 0) is 21.5 Å². The van der Waals surface area contributed by atoms with Gasteiger partial charge < -0.3 is 9.15 Å². The van der Waals surface area contributed by atoms with Crippen LogP contribution in [0, 0.1) is 0 Å². The molecule has 1 aliphatic carbocycles. The maximum atomic E-state index is 12.9. The van der Waals surface area contributed by atoms with Crippen LogP contribution < -0.4 is 0 Å². The third-order valence-electron chi connectivity index (χ3n) is 3.85. The van der Waals surface area contributed by atoms with Gasteiger partial charge in [-0.2, -0.15) is 17.0 Å². The first-order valence-corrected chi connectivity index (χ1v) is 8.81. The maximum Gasteiger partial charge on any atom is 0.282 e. The van der Waals surface area contributed by atoms with Crippen LogP contribution in [0.15, 0.2) is 22.8 Å². The van der Waals surface area contributed by atoms with E-state index in [0.717, 1.165) is 12.8 Å². The summed E-state index contributed by atoms with van der Waals surface area (Å²) < 4.78 is 40.0. The summed E-state index contributed by atoms with van der Waals surface area (Å²) in [6, 6.07) is 3.70. The summed E-state index contributed by atoms with van der Waals surface area (Å²) in [5.74, 6) is 0.680.